The molecular weight excluding hydrogens is 304 g/mol. The number of hydrogen-bond acceptors (Lipinski definition) is 4. The molecule has 1 N–H and O–H groups in total. The molecule has 2 aromatic heterocycles. The van der Waals surface area contributed by atoms with E-state index in [-0.39, 0.29) is 19.1 Å². The molecule has 0 fully saturated rings. The molecule has 0 aliphatic rings. The highest BCUT2D eigenvalue weighted by molar-refractivity contribution is 5.97. The Kier molecular flexibility index (Phi) is 4.98. The van der Waals surface area contributed by atoms with Gasteiger partial charge in [-0.2, -0.15) is 5.10 Å². The van der Waals surface area contributed by atoms with Crippen LogP contribution in [0.4, 0.5) is 0 Å². The number of amides is 1. The van der Waals surface area contributed by atoms with E-state index in [0.717, 1.165) is 5.56 Å². The van der Waals surface area contributed by atoms with Gasteiger partial charge >= 0.3 is 0 Å². The minimum Gasteiger partial charge on any atom is -0.395 e. The van der Waals surface area contributed by atoms with Gasteiger partial charge in [0.25, 0.3) is 5.91 Å². The number of carbonyl (C=O) groups excluding carboxylic acids is 1. The summed E-state index contributed by atoms with van der Waals surface area (Å²) in [5.41, 5.74) is 1.45. The molecule has 2 heterocycles. The Hall–Kier alpha value is -2.99. The number of rotatable bonds is 6. The molecule has 1 amide bonds. The first-order valence-corrected chi connectivity index (χ1v) is 7.68. The summed E-state index contributed by atoms with van der Waals surface area (Å²) in [7, 11) is 0. The second-order valence-electron chi connectivity index (χ2n) is 5.26. The van der Waals surface area contributed by atoms with Crippen molar-refractivity contribution < 1.29 is 9.90 Å². The van der Waals surface area contributed by atoms with E-state index in [1.54, 1.807) is 46.4 Å². The van der Waals surface area contributed by atoms with E-state index >= 15 is 0 Å². The number of hydrogen-bond donors (Lipinski definition) is 1. The Morgan fingerprint density at radius 1 is 1.08 bits per heavy atom. The Morgan fingerprint density at radius 3 is 2.62 bits per heavy atom. The zero-order chi connectivity index (χ0) is 16.8. The quantitative estimate of drug-likeness (QED) is 0.752. The van der Waals surface area contributed by atoms with Gasteiger partial charge in [-0.05, 0) is 23.8 Å². The monoisotopic (exact) mass is 322 g/mol. The molecule has 0 saturated carbocycles. The lowest BCUT2D eigenvalue weighted by molar-refractivity contribution is 0.0707. The highest BCUT2D eigenvalue weighted by Gasteiger charge is 2.20. The van der Waals surface area contributed by atoms with E-state index in [0.29, 0.717) is 17.9 Å². The van der Waals surface area contributed by atoms with Crippen LogP contribution >= 0.6 is 0 Å². The van der Waals surface area contributed by atoms with Crippen LogP contribution in [0.5, 0.6) is 0 Å². The number of carbonyl (C=O) groups is 1. The van der Waals surface area contributed by atoms with E-state index in [1.165, 1.54) is 0 Å². The van der Waals surface area contributed by atoms with Crippen molar-refractivity contribution in [2.45, 2.75) is 6.54 Å². The van der Waals surface area contributed by atoms with Crippen molar-refractivity contribution >= 4 is 5.91 Å². The highest BCUT2D eigenvalue weighted by atomic mass is 16.3. The molecule has 6 heteroatoms. The van der Waals surface area contributed by atoms with Gasteiger partial charge in [0, 0.05) is 31.7 Å². The maximum absolute atomic E-state index is 13.0. The van der Waals surface area contributed by atoms with Crippen LogP contribution in [0.2, 0.25) is 0 Å². The standard InChI is InChI=1S/C18H18N4O2/c23-13-12-21(14-15-6-2-1-3-7-15)18(24)16-8-4-9-19-17(16)22-11-5-10-20-22/h1-11,23H,12-14H2. The molecule has 1 aromatic carbocycles. The molecule has 6 nitrogen and oxygen atoms in total. The first-order chi connectivity index (χ1) is 11.8. The SMILES string of the molecule is O=C(c1cccnc1-n1cccn1)N(CCO)Cc1ccccc1. The molecular formula is C18H18N4O2. The average molecular weight is 322 g/mol. The van der Waals surface area contributed by atoms with E-state index < -0.39 is 0 Å². The predicted molar refractivity (Wildman–Crippen MR) is 89.6 cm³/mol. The van der Waals surface area contributed by atoms with Gasteiger partial charge in [0.1, 0.15) is 0 Å². The van der Waals surface area contributed by atoms with Gasteiger partial charge < -0.3 is 10.0 Å². The van der Waals surface area contributed by atoms with Crippen LogP contribution < -0.4 is 0 Å². The van der Waals surface area contributed by atoms with Gasteiger partial charge in [-0.3, -0.25) is 4.79 Å². The Balaban J connectivity index is 1.91. The summed E-state index contributed by atoms with van der Waals surface area (Å²) in [6.45, 7) is 0.574. The van der Waals surface area contributed by atoms with Gasteiger partial charge in [-0.25, -0.2) is 9.67 Å². The number of aliphatic hydroxyl groups is 1. The first kappa shape index (κ1) is 15.9. The van der Waals surface area contributed by atoms with E-state index in [9.17, 15) is 9.90 Å². The maximum atomic E-state index is 13.0. The number of aromatic nitrogens is 3. The fraction of sp³-hybridized carbons (Fsp3) is 0.167. The molecule has 0 saturated heterocycles. The van der Waals surface area contributed by atoms with Crippen molar-refractivity contribution in [2.24, 2.45) is 0 Å². The molecule has 122 valence electrons. The van der Waals surface area contributed by atoms with Gasteiger partial charge in [-0.1, -0.05) is 30.3 Å². The summed E-state index contributed by atoms with van der Waals surface area (Å²) in [6.07, 6.45) is 5.01. The molecule has 0 bridgehead atoms. The number of nitrogens with zero attached hydrogens (tertiary/aromatic N) is 4. The lowest BCUT2D eigenvalue weighted by atomic mass is 10.1. The molecule has 0 radical (unpaired) electrons. The van der Waals surface area contributed by atoms with E-state index in [2.05, 4.69) is 10.1 Å². The molecule has 3 rings (SSSR count). The second-order valence-corrected chi connectivity index (χ2v) is 5.26. The number of pyridine rings is 1. The third-order valence-corrected chi connectivity index (χ3v) is 3.61. The van der Waals surface area contributed by atoms with Crippen molar-refractivity contribution in [3.8, 4) is 5.82 Å². The van der Waals surface area contributed by atoms with Crippen molar-refractivity contribution in [3.05, 3.63) is 78.2 Å². The fourth-order valence-corrected chi connectivity index (χ4v) is 2.49. The van der Waals surface area contributed by atoms with Gasteiger partial charge in [0.2, 0.25) is 0 Å². The van der Waals surface area contributed by atoms with Crippen molar-refractivity contribution in [1.29, 1.82) is 0 Å². The molecule has 0 atom stereocenters. The molecule has 3 aromatic rings. The average Bonchev–Trinajstić information content (AvgIpc) is 3.16. The zero-order valence-corrected chi connectivity index (χ0v) is 13.1. The van der Waals surface area contributed by atoms with Crippen LogP contribution in [0, 0.1) is 0 Å². The second kappa shape index (κ2) is 7.52. The molecule has 0 aliphatic heterocycles. The van der Waals surface area contributed by atoms with Crippen LogP contribution in [-0.4, -0.2) is 43.8 Å². The Bertz CT molecular complexity index is 788. The largest absolute Gasteiger partial charge is 0.395 e. The lowest BCUT2D eigenvalue weighted by Crippen LogP contribution is -2.34. The lowest BCUT2D eigenvalue weighted by Gasteiger charge is -2.23. The molecule has 24 heavy (non-hydrogen) atoms. The van der Waals surface area contributed by atoms with E-state index in [4.69, 9.17) is 0 Å². The van der Waals surface area contributed by atoms with Crippen LogP contribution in [0.1, 0.15) is 15.9 Å². The third-order valence-electron chi connectivity index (χ3n) is 3.61. The first-order valence-electron chi connectivity index (χ1n) is 7.68. The summed E-state index contributed by atoms with van der Waals surface area (Å²) >= 11 is 0. The normalized spacial score (nSPS) is 10.5. The summed E-state index contributed by atoms with van der Waals surface area (Å²) in [4.78, 5) is 18.9. The van der Waals surface area contributed by atoms with Gasteiger partial charge in [0.05, 0.1) is 12.2 Å². The van der Waals surface area contributed by atoms with Crippen LogP contribution in [0.25, 0.3) is 5.82 Å². The molecule has 0 spiro atoms. The van der Waals surface area contributed by atoms with Crippen LogP contribution in [0.3, 0.4) is 0 Å². The maximum Gasteiger partial charge on any atom is 0.258 e. The molecule has 0 unspecified atom stereocenters. The molecule has 0 aliphatic carbocycles. The van der Waals surface area contributed by atoms with Crippen molar-refractivity contribution in [1.82, 2.24) is 19.7 Å². The van der Waals surface area contributed by atoms with Gasteiger partial charge in [-0.15, -0.1) is 0 Å². The smallest absolute Gasteiger partial charge is 0.258 e. The predicted octanol–water partition coefficient (Wildman–Crippen LogP) is 1.90. The van der Waals surface area contributed by atoms with Crippen molar-refractivity contribution in [3.63, 3.8) is 0 Å². The number of benzene rings is 1. The van der Waals surface area contributed by atoms with Gasteiger partial charge in [0.15, 0.2) is 5.82 Å². The minimum atomic E-state index is -0.188. The summed E-state index contributed by atoms with van der Waals surface area (Å²) in [6, 6.07) is 14.9. The minimum absolute atomic E-state index is 0.101. The zero-order valence-electron chi connectivity index (χ0n) is 13.1. The Morgan fingerprint density at radius 2 is 1.92 bits per heavy atom. The van der Waals surface area contributed by atoms with Crippen LogP contribution in [0.15, 0.2) is 67.1 Å². The highest BCUT2D eigenvalue weighted by Crippen LogP contribution is 2.15. The number of aliphatic hydroxyl groups excluding tert-OH is 1. The van der Waals surface area contributed by atoms with Crippen molar-refractivity contribution in [2.75, 3.05) is 13.2 Å². The summed E-state index contributed by atoms with van der Waals surface area (Å²) in [5.74, 6) is 0.287. The summed E-state index contributed by atoms with van der Waals surface area (Å²) in [5, 5.41) is 13.5. The van der Waals surface area contributed by atoms with E-state index in [1.807, 2.05) is 30.3 Å². The third kappa shape index (κ3) is 3.49. The Labute approximate surface area is 140 Å². The topological polar surface area (TPSA) is 71.2 Å². The summed E-state index contributed by atoms with van der Waals surface area (Å²) < 4.78 is 1.56. The van der Waals surface area contributed by atoms with Crippen LogP contribution in [-0.2, 0) is 6.54 Å². The fourth-order valence-electron chi connectivity index (χ4n) is 2.49.